The number of hydrogen-bond acceptors (Lipinski definition) is 2. The third-order valence-corrected chi connectivity index (χ3v) is 4.59. The number of hydrogen-bond donors (Lipinski definition) is 2. The first-order valence-corrected chi connectivity index (χ1v) is 8.17. The first kappa shape index (κ1) is 17.2. The molecule has 1 amide bonds. The first-order chi connectivity index (χ1) is 11.0. The molecule has 0 saturated heterocycles. The maximum absolute atomic E-state index is 12.4. The van der Waals surface area contributed by atoms with Gasteiger partial charge in [0.05, 0.1) is 18.7 Å². The molecule has 0 aliphatic heterocycles. The van der Waals surface area contributed by atoms with Gasteiger partial charge in [-0.3, -0.25) is 4.79 Å². The summed E-state index contributed by atoms with van der Waals surface area (Å²) >= 11 is 3.54. The van der Waals surface area contributed by atoms with Crippen LogP contribution >= 0.6 is 15.9 Å². The molecule has 0 aromatic heterocycles. The summed E-state index contributed by atoms with van der Waals surface area (Å²) in [5.41, 5.74) is 2.34. The predicted octanol–water partition coefficient (Wildman–Crippen LogP) is 2.36. The molecule has 0 fully saturated rings. The summed E-state index contributed by atoms with van der Waals surface area (Å²) < 4.78 is 1.05. The predicted molar refractivity (Wildman–Crippen MR) is 94.0 cm³/mol. The van der Waals surface area contributed by atoms with Crippen molar-refractivity contribution in [3.63, 3.8) is 0 Å². The standard InChI is InChI=1S/C18H18BrN3O/c1-13(22(2)12-15-7-3-4-9-17(15)19)18(23)21-16-8-5-6-14(10-16)11-20/h3-10,13H,12H2,1-2H3,(H,21,23)/p+1/t13-/m0/s1. The van der Waals surface area contributed by atoms with Crippen molar-refractivity contribution in [2.45, 2.75) is 19.5 Å². The smallest absolute Gasteiger partial charge is 0.282 e. The average Bonchev–Trinajstić information content (AvgIpc) is 2.56. The molecular weight excluding hydrogens is 354 g/mol. The molecule has 0 saturated carbocycles. The fourth-order valence-electron chi connectivity index (χ4n) is 2.24. The monoisotopic (exact) mass is 372 g/mol. The van der Waals surface area contributed by atoms with Gasteiger partial charge in [0.15, 0.2) is 6.04 Å². The van der Waals surface area contributed by atoms with Crippen LogP contribution in [0.25, 0.3) is 0 Å². The molecule has 2 N–H and O–H groups in total. The Morgan fingerprint density at radius 2 is 2.04 bits per heavy atom. The molecule has 2 rings (SSSR count). The molecule has 118 valence electrons. The third-order valence-electron chi connectivity index (χ3n) is 3.82. The van der Waals surface area contributed by atoms with E-state index in [1.165, 1.54) is 0 Å². The van der Waals surface area contributed by atoms with Crippen LogP contribution in [0.3, 0.4) is 0 Å². The second-order valence-corrected chi connectivity index (χ2v) is 6.37. The van der Waals surface area contributed by atoms with Gasteiger partial charge >= 0.3 is 0 Å². The van der Waals surface area contributed by atoms with Gasteiger partial charge in [0.2, 0.25) is 0 Å². The Balaban J connectivity index is 2.01. The first-order valence-electron chi connectivity index (χ1n) is 7.38. The number of likely N-dealkylation sites (N-methyl/N-ethyl adjacent to an activating group) is 1. The molecular formula is C18H19BrN3O+. The second-order valence-electron chi connectivity index (χ2n) is 5.52. The van der Waals surface area contributed by atoms with E-state index in [1.807, 2.05) is 32.2 Å². The van der Waals surface area contributed by atoms with Gasteiger partial charge < -0.3 is 10.2 Å². The summed E-state index contributed by atoms with van der Waals surface area (Å²) in [5, 5.41) is 11.8. The van der Waals surface area contributed by atoms with Gasteiger partial charge in [0.25, 0.3) is 5.91 Å². The molecule has 0 aliphatic carbocycles. The van der Waals surface area contributed by atoms with Crippen LogP contribution in [-0.2, 0) is 11.3 Å². The maximum Gasteiger partial charge on any atom is 0.282 e. The number of quaternary nitrogens is 1. The molecule has 0 heterocycles. The van der Waals surface area contributed by atoms with E-state index in [0.29, 0.717) is 11.3 Å². The zero-order chi connectivity index (χ0) is 16.8. The van der Waals surface area contributed by atoms with Crippen LogP contribution in [0, 0.1) is 11.3 Å². The lowest BCUT2D eigenvalue weighted by molar-refractivity contribution is -0.907. The highest BCUT2D eigenvalue weighted by molar-refractivity contribution is 9.10. The number of halogens is 1. The zero-order valence-electron chi connectivity index (χ0n) is 13.1. The molecule has 0 bridgehead atoms. The second kappa shape index (κ2) is 7.91. The Morgan fingerprint density at radius 1 is 1.30 bits per heavy atom. The Kier molecular flexibility index (Phi) is 5.91. The molecule has 2 aromatic rings. The number of anilines is 1. The van der Waals surface area contributed by atoms with Crippen molar-refractivity contribution in [2.24, 2.45) is 0 Å². The Bertz CT molecular complexity index is 739. The lowest BCUT2D eigenvalue weighted by atomic mass is 10.1. The number of carbonyl (C=O) groups is 1. The summed E-state index contributed by atoms with van der Waals surface area (Å²) in [7, 11) is 2.00. The van der Waals surface area contributed by atoms with Crippen LogP contribution in [0.1, 0.15) is 18.1 Å². The number of carbonyl (C=O) groups excluding carboxylic acids is 1. The molecule has 23 heavy (non-hydrogen) atoms. The van der Waals surface area contributed by atoms with Crippen molar-refractivity contribution in [2.75, 3.05) is 12.4 Å². The van der Waals surface area contributed by atoms with Gasteiger partial charge in [-0.15, -0.1) is 0 Å². The number of amides is 1. The minimum atomic E-state index is -0.215. The van der Waals surface area contributed by atoms with Gasteiger partial charge in [-0.25, -0.2) is 0 Å². The highest BCUT2D eigenvalue weighted by atomic mass is 79.9. The normalized spacial score (nSPS) is 13.0. The van der Waals surface area contributed by atoms with E-state index in [9.17, 15) is 4.79 Å². The van der Waals surface area contributed by atoms with E-state index in [0.717, 1.165) is 21.5 Å². The lowest BCUT2D eigenvalue weighted by Gasteiger charge is -2.21. The van der Waals surface area contributed by atoms with Crippen molar-refractivity contribution in [3.8, 4) is 6.07 Å². The van der Waals surface area contributed by atoms with Crippen molar-refractivity contribution < 1.29 is 9.69 Å². The van der Waals surface area contributed by atoms with Crippen LogP contribution in [-0.4, -0.2) is 19.0 Å². The van der Waals surface area contributed by atoms with E-state index in [4.69, 9.17) is 5.26 Å². The highest BCUT2D eigenvalue weighted by Crippen LogP contribution is 2.14. The minimum Gasteiger partial charge on any atom is -0.324 e. The zero-order valence-corrected chi connectivity index (χ0v) is 14.7. The number of nitriles is 1. The van der Waals surface area contributed by atoms with E-state index in [1.54, 1.807) is 24.3 Å². The van der Waals surface area contributed by atoms with Crippen molar-refractivity contribution in [1.29, 1.82) is 5.26 Å². The molecule has 2 atom stereocenters. The van der Waals surface area contributed by atoms with Gasteiger partial charge in [0.1, 0.15) is 6.54 Å². The molecule has 4 nitrogen and oxygen atoms in total. The SMILES string of the molecule is C[C@@H](C(=O)Nc1cccc(C#N)c1)[NH+](C)Cc1ccccc1Br. The van der Waals surface area contributed by atoms with Gasteiger partial charge in [0, 0.05) is 15.7 Å². The lowest BCUT2D eigenvalue weighted by Crippen LogP contribution is -3.12. The molecule has 5 heteroatoms. The van der Waals surface area contributed by atoms with E-state index in [-0.39, 0.29) is 11.9 Å². The Morgan fingerprint density at radius 3 is 2.74 bits per heavy atom. The summed E-state index contributed by atoms with van der Waals surface area (Å²) in [6.45, 7) is 2.64. The molecule has 0 spiro atoms. The summed E-state index contributed by atoms with van der Waals surface area (Å²) in [6.07, 6.45) is 0. The minimum absolute atomic E-state index is 0.0651. The molecule has 1 unspecified atom stereocenters. The van der Waals surface area contributed by atoms with Gasteiger partial charge in [-0.1, -0.05) is 40.2 Å². The molecule has 2 aromatic carbocycles. The fourth-order valence-corrected chi connectivity index (χ4v) is 2.66. The number of rotatable bonds is 5. The Labute approximate surface area is 144 Å². The van der Waals surface area contributed by atoms with Crippen LogP contribution < -0.4 is 10.2 Å². The summed E-state index contributed by atoms with van der Waals surface area (Å²) in [4.78, 5) is 13.5. The molecule has 0 aliphatic rings. The quantitative estimate of drug-likeness (QED) is 0.846. The Hall–Kier alpha value is -2.16. The summed E-state index contributed by atoms with van der Waals surface area (Å²) in [5.74, 6) is -0.0651. The number of benzene rings is 2. The van der Waals surface area contributed by atoms with Crippen molar-refractivity contribution in [1.82, 2.24) is 0 Å². The van der Waals surface area contributed by atoms with Crippen LogP contribution in [0.15, 0.2) is 53.0 Å². The topological polar surface area (TPSA) is 57.3 Å². The number of nitrogens with zero attached hydrogens (tertiary/aromatic N) is 1. The average molecular weight is 373 g/mol. The van der Waals surface area contributed by atoms with E-state index >= 15 is 0 Å². The van der Waals surface area contributed by atoms with Crippen molar-refractivity contribution >= 4 is 27.5 Å². The van der Waals surface area contributed by atoms with Crippen LogP contribution in [0.5, 0.6) is 0 Å². The van der Waals surface area contributed by atoms with Crippen molar-refractivity contribution in [3.05, 3.63) is 64.1 Å². The van der Waals surface area contributed by atoms with Gasteiger partial charge in [-0.2, -0.15) is 5.26 Å². The number of nitrogens with one attached hydrogen (secondary N) is 2. The van der Waals surface area contributed by atoms with Gasteiger partial charge in [-0.05, 0) is 31.2 Å². The fraction of sp³-hybridized carbons (Fsp3) is 0.222. The largest absolute Gasteiger partial charge is 0.324 e. The summed E-state index contributed by atoms with van der Waals surface area (Å²) in [6, 6.07) is 16.8. The van der Waals surface area contributed by atoms with E-state index < -0.39 is 0 Å². The van der Waals surface area contributed by atoms with E-state index in [2.05, 4.69) is 33.4 Å². The van der Waals surface area contributed by atoms with Crippen LogP contribution in [0.4, 0.5) is 5.69 Å². The highest BCUT2D eigenvalue weighted by Gasteiger charge is 2.22. The molecule has 0 radical (unpaired) electrons. The maximum atomic E-state index is 12.4. The third kappa shape index (κ3) is 4.65. The van der Waals surface area contributed by atoms with Crippen LogP contribution in [0.2, 0.25) is 0 Å².